The van der Waals surface area contributed by atoms with Gasteiger partial charge in [0.15, 0.2) is 0 Å². The van der Waals surface area contributed by atoms with Crippen LogP contribution < -0.4 is 16.0 Å². The van der Waals surface area contributed by atoms with Crippen molar-refractivity contribution < 1.29 is 19.1 Å². The smallest absolute Gasteiger partial charge is 0.306 e. The highest BCUT2D eigenvalue weighted by Gasteiger charge is 2.37. The molecule has 2 aliphatic rings. The maximum atomic E-state index is 13.0. The number of hydrogen-bond acceptors (Lipinski definition) is 6. The van der Waals surface area contributed by atoms with Crippen molar-refractivity contribution in [3.8, 4) is 0 Å². The molecule has 170 valence electrons. The Kier molecular flexibility index (Phi) is 6.32. The Morgan fingerprint density at radius 1 is 1.29 bits per heavy atom. The molecule has 0 saturated carbocycles. The van der Waals surface area contributed by atoms with Gasteiger partial charge < -0.3 is 25.6 Å². The van der Waals surface area contributed by atoms with Crippen LogP contribution in [0.1, 0.15) is 63.4 Å². The molecular formula is C23H34N4O4. The number of amides is 2. The fraction of sp³-hybridized carbons (Fsp3) is 0.609. The molecule has 2 aliphatic heterocycles. The second-order valence-electron chi connectivity index (χ2n) is 9.96. The normalized spacial score (nSPS) is 19.2. The number of nitrogens with one attached hydrogen (secondary N) is 1. The van der Waals surface area contributed by atoms with E-state index >= 15 is 0 Å². The van der Waals surface area contributed by atoms with Gasteiger partial charge in [-0.25, -0.2) is 0 Å². The van der Waals surface area contributed by atoms with Crippen LogP contribution in [-0.4, -0.2) is 59.5 Å². The average Bonchev–Trinajstić information content (AvgIpc) is 2.95. The zero-order valence-electron chi connectivity index (χ0n) is 19.2. The van der Waals surface area contributed by atoms with E-state index in [2.05, 4.69) is 24.1 Å². The molecule has 1 saturated heterocycles. The molecule has 8 nitrogen and oxygen atoms in total. The number of ether oxygens (including phenoxy) is 1. The highest BCUT2D eigenvalue weighted by atomic mass is 16.6. The minimum absolute atomic E-state index is 0.0191. The maximum absolute atomic E-state index is 13.0. The highest BCUT2D eigenvalue weighted by Crippen LogP contribution is 2.32. The molecule has 8 heteroatoms. The van der Waals surface area contributed by atoms with Crippen LogP contribution in [0.15, 0.2) is 18.2 Å². The molecule has 3 rings (SSSR count). The summed E-state index contributed by atoms with van der Waals surface area (Å²) in [5.74, 6) is -1.26. The molecule has 0 unspecified atom stereocenters. The van der Waals surface area contributed by atoms with E-state index in [1.807, 2.05) is 18.2 Å². The van der Waals surface area contributed by atoms with Crippen LogP contribution >= 0.6 is 0 Å². The van der Waals surface area contributed by atoms with Crippen molar-refractivity contribution in [3.05, 3.63) is 29.3 Å². The van der Waals surface area contributed by atoms with Gasteiger partial charge in [-0.3, -0.25) is 14.4 Å². The maximum Gasteiger partial charge on any atom is 0.306 e. The number of esters is 1. The van der Waals surface area contributed by atoms with Crippen molar-refractivity contribution in [1.82, 2.24) is 10.2 Å². The third kappa shape index (κ3) is 5.18. The Labute approximate surface area is 184 Å². The molecular weight excluding hydrogens is 396 g/mol. The summed E-state index contributed by atoms with van der Waals surface area (Å²) in [6.45, 7) is 12.7. The second kappa shape index (κ2) is 8.49. The highest BCUT2D eigenvalue weighted by molar-refractivity contribution is 6.01. The topological polar surface area (TPSA) is 105 Å². The van der Waals surface area contributed by atoms with E-state index in [0.717, 1.165) is 30.9 Å². The number of benzene rings is 1. The van der Waals surface area contributed by atoms with Gasteiger partial charge in [-0.2, -0.15) is 0 Å². The zero-order chi connectivity index (χ0) is 23.0. The number of nitrogens with two attached hydrogens (primary N) is 1. The number of anilines is 1. The van der Waals surface area contributed by atoms with Gasteiger partial charge in [0.05, 0.1) is 0 Å². The van der Waals surface area contributed by atoms with Gasteiger partial charge in [0.25, 0.3) is 5.91 Å². The third-order valence-corrected chi connectivity index (χ3v) is 5.78. The van der Waals surface area contributed by atoms with Crippen molar-refractivity contribution >= 4 is 23.5 Å². The minimum atomic E-state index is -0.855. The first-order chi connectivity index (χ1) is 14.4. The van der Waals surface area contributed by atoms with Crippen molar-refractivity contribution in [1.29, 1.82) is 0 Å². The molecule has 0 aliphatic carbocycles. The van der Waals surface area contributed by atoms with Crippen molar-refractivity contribution in [2.24, 2.45) is 5.73 Å². The standard InChI is InChI=1S/C23H34N4O4/c1-22(2,3)31-19(28)9-8-18(20(24)29)26-13-15-12-16(6-7-17(15)21(26)30)27-11-10-25-14-23(27,4)5/h6-7,12,18,25H,8-11,13-14H2,1-5H3,(H2,24,29)/t18-/m0/s1. The third-order valence-electron chi connectivity index (χ3n) is 5.78. The summed E-state index contributed by atoms with van der Waals surface area (Å²) in [6, 6.07) is 4.97. The molecule has 1 aromatic rings. The Bertz CT molecular complexity index is 875. The molecule has 0 bridgehead atoms. The van der Waals surface area contributed by atoms with Gasteiger partial charge in [-0.15, -0.1) is 0 Å². The van der Waals surface area contributed by atoms with Gasteiger partial charge in [-0.1, -0.05) is 0 Å². The number of primary amides is 1. The molecule has 1 fully saturated rings. The van der Waals surface area contributed by atoms with Gasteiger partial charge in [0, 0.05) is 49.4 Å². The van der Waals surface area contributed by atoms with E-state index in [0.29, 0.717) is 12.1 Å². The first-order valence-corrected chi connectivity index (χ1v) is 10.8. The van der Waals surface area contributed by atoms with Crippen LogP contribution in [-0.2, 0) is 20.9 Å². The lowest BCUT2D eigenvalue weighted by Gasteiger charge is -2.44. The first kappa shape index (κ1) is 23.1. The summed E-state index contributed by atoms with van der Waals surface area (Å²) >= 11 is 0. The monoisotopic (exact) mass is 430 g/mol. The Morgan fingerprint density at radius 3 is 2.61 bits per heavy atom. The van der Waals surface area contributed by atoms with Crippen LogP contribution in [0.4, 0.5) is 5.69 Å². The summed E-state index contributed by atoms with van der Waals surface area (Å²) in [5, 5.41) is 3.41. The summed E-state index contributed by atoms with van der Waals surface area (Å²) in [6.07, 6.45) is 0.160. The predicted octanol–water partition coefficient (Wildman–Crippen LogP) is 1.81. The lowest BCUT2D eigenvalue weighted by molar-refractivity contribution is -0.155. The lowest BCUT2D eigenvalue weighted by Crippen LogP contribution is -2.58. The molecule has 3 N–H and O–H groups in total. The van der Waals surface area contributed by atoms with E-state index in [9.17, 15) is 14.4 Å². The van der Waals surface area contributed by atoms with Gasteiger partial charge in [-0.05, 0) is 64.8 Å². The second-order valence-corrected chi connectivity index (χ2v) is 9.96. The van der Waals surface area contributed by atoms with Crippen LogP contribution in [0.3, 0.4) is 0 Å². The molecule has 1 atom stereocenters. The van der Waals surface area contributed by atoms with E-state index in [1.165, 1.54) is 4.90 Å². The SMILES string of the molecule is CC(C)(C)OC(=O)CC[C@@H](C(N)=O)N1Cc2cc(N3CCNCC3(C)C)ccc2C1=O. The molecule has 2 amide bonds. The van der Waals surface area contributed by atoms with Gasteiger partial charge in [0.1, 0.15) is 11.6 Å². The number of fused-ring (bicyclic) bond motifs is 1. The van der Waals surface area contributed by atoms with E-state index in [4.69, 9.17) is 10.5 Å². The molecule has 2 heterocycles. The van der Waals surface area contributed by atoms with Crippen molar-refractivity contribution in [3.63, 3.8) is 0 Å². The number of carbonyl (C=O) groups excluding carboxylic acids is 3. The van der Waals surface area contributed by atoms with Crippen LogP contribution in [0.25, 0.3) is 0 Å². The van der Waals surface area contributed by atoms with Crippen LogP contribution in [0.5, 0.6) is 0 Å². The number of hydrogen-bond donors (Lipinski definition) is 2. The number of nitrogens with zero attached hydrogens (tertiary/aromatic N) is 2. The van der Waals surface area contributed by atoms with Crippen LogP contribution in [0.2, 0.25) is 0 Å². The van der Waals surface area contributed by atoms with E-state index in [1.54, 1.807) is 20.8 Å². The zero-order valence-corrected chi connectivity index (χ0v) is 19.2. The number of rotatable bonds is 6. The van der Waals surface area contributed by atoms with E-state index in [-0.39, 0.29) is 24.3 Å². The van der Waals surface area contributed by atoms with Gasteiger partial charge in [0.2, 0.25) is 5.91 Å². The van der Waals surface area contributed by atoms with E-state index < -0.39 is 23.5 Å². The fourth-order valence-electron chi connectivity index (χ4n) is 4.31. The Balaban J connectivity index is 1.75. The average molecular weight is 431 g/mol. The molecule has 0 aromatic heterocycles. The summed E-state index contributed by atoms with van der Waals surface area (Å²) in [7, 11) is 0. The number of piperazine rings is 1. The van der Waals surface area contributed by atoms with Crippen LogP contribution in [0, 0.1) is 0 Å². The largest absolute Gasteiger partial charge is 0.460 e. The van der Waals surface area contributed by atoms with Crippen molar-refractivity contribution in [2.45, 2.75) is 71.2 Å². The summed E-state index contributed by atoms with van der Waals surface area (Å²) < 4.78 is 5.32. The summed E-state index contributed by atoms with van der Waals surface area (Å²) in [5.41, 5.74) is 7.48. The molecule has 31 heavy (non-hydrogen) atoms. The van der Waals surface area contributed by atoms with Gasteiger partial charge >= 0.3 is 5.97 Å². The Morgan fingerprint density at radius 2 is 2.00 bits per heavy atom. The quantitative estimate of drug-likeness (QED) is 0.667. The first-order valence-electron chi connectivity index (χ1n) is 10.8. The fourth-order valence-corrected chi connectivity index (χ4v) is 4.31. The molecule has 0 radical (unpaired) electrons. The Hall–Kier alpha value is -2.61. The number of carbonyl (C=O) groups is 3. The lowest BCUT2D eigenvalue weighted by atomic mass is 9.98. The molecule has 0 spiro atoms. The van der Waals surface area contributed by atoms with Crippen molar-refractivity contribution in [2.75, 3.05) is 24.5 Å². The summed E-state index contributed by atoms with van der Waals surface area (Å²) in [4.78, 5) is 41.1. The molecule has 1 aromatic carbocycles. The predicted molar refractivity (Wildman–Crippen MR) is 119 cm³/mol. The minimum Gasteiger partial charge on any atom is -0.460 e.